The smallest absolute Gasteiger partial charge is 0.157 e. The Kier molecular flexibility index (Phi) is 4.66. The fraction of sp³-hybridized carbons (Fsp3) is 0.438. The molecule has 1 saturated heterocycles. The molecule has 2 heterocycles. The van der Waals surface area contributed by atoms with Crippen LogP contribution in [0.3, 0.4) is 0 Å². The molecule has 2 aromatic rings. The molecule has 118 valence electrons. The van der Waals surface area contributed by atoms with E-state index >= 15 is 0 Å². The molecule has 1 N–H and O–H groups in total. The second kappa shape index (κ2) is 6.69. The minimum absolute atomic E-state index is 0.00974. The molecule has 0 bridgehead atoms. The van der Waals surface area contributed by atoms with Crippen molar-refractivity contribution in [3.63, 3.8) is 0 Å². The van der Waals surface area contributed by atoms with E-state index in [1.807, 2.05) is 32.3 Å². The number of hydrogen-bond acceptors (Lipinski definition) is 4. The standard InChI is InChI=1S/C16H20ClN3O2/c1-11-3-12(5-13(17)4-11)6-18-15-9-21-10-16(15)22-14-7-19-20(2)8-14/h3-5,7-8,15-16,18H,6,9-10H2,1-2H3/t15-,16+/m0/s1. The zero-order valence-corrected chi connectivity index (χ0v) is 13.5. The highest BCUT2D eigenvalue weighted by molar-refractivity contribution is 6.30. The molecule has 1 aliphatic heterocycles. The van der Waals surface area contributed by atoms with Crippen LogP contribution in [0.4, 0.5) is 0 Å². The summed E-state index contributed by atoms with van der Waals surface area (Å²) in [5.74, 6) is 0.767. The Morgan fingerprint density at radius 3 is 3.00 bits per heavy atom. The largest absolute Gasteiger partial charge is 0.483 e. The summed E-state index contributed by atoms with van der Waals surface area (Å²) in [4.78, 5) is 0. The van der Waals surface area contributed by atoms with Crippen molar-refractivity contribution >= 4 is 11.6 Å². The van der Waals surface area contributed by atoms with Crippen LogP contribution in [0.1, 0.15) is 11.1 Å². The molecule has 0 unspecified atom stereocenters. The summed E-state index contributed by atoms with van der Waals surface area (Å²) in [6.07, 6.45) is 3.57. The molecule has 1 fully saturated rings. The predicted molar refractivity (Wildman–Crippen MR) is 85.3 cm³/mol. The summed E-state index contributed by atoms with van der Waals surface area (Å²) in [7, 11) is 1.87. The summed E-state index contributed by atoms with van der Waals surface area (Å²) >= 11 is 6.10. The van der Waals surface area contributed by atoms with E-state index in [4.69, 9.17) is 21.1 Å². The molecule has 22 heavy (non-hydrogen) atoms. The lowest BCUT2D eigenvalue weighted by Gasteiger charge is -2.20. The van der Waals surface area contributed by atoms with Gasteiger partial charge in [-0.3, -0.25) is 4.68 Å². The number of hydrogen-bond donors (Lipinski definition) is 1. The van der Waals surface area contributed by atoms with E-state index in [1.54, 1.807) is 10.9 Å². The number of rotatable bonds is 5. The lowest BCUT2D eigenvalue weighted by atomic mass is 10.1. The molecule has 1 aromatic heterocycles. The first kappa shape index (κ1) is 15.3. The molecule has 0 amide bonds. The average molecular weight is 322 g/mol. The molecular formula is C16H20ClN3O2. The normalized spacial score (nSPS) is 21.2. The maximum Gasteiger partial charge on any atom is 0.157 e. The maximum absolute atomic E-state index is 6.10. The SMILES string of the molecule is Cc1cc(Cl)cc(CN[C@H]2COC[C@H]2Oc2cnn(C)c2)c1. The molecule has 1 aliphatic rings. The van der Waals surface area contributed by atoms with E-state index < -0.39 is 0 Å². The fourth-order valence-corrected chi connectivity index (χ4v) is 2.95. The van der Waals surface area contributed by atoms with Crippen LogP contribution in [-0.2, 0) is 18.3 Å². The van der Waals surface area contributed by atoms with E-state index in [-0.39, 0.29) is 12.1 Å². The van der Waals surface area contributed by atoms with Crippen molar-refractivity contribution in [1.82, 2.24) is 15.1 Å². The number of halogens is 1. The van der Waals surface area contributed by atoms with Crippen molar-refractivity contribution in [3.05, 3.63) is 46.7 Å². The molecule has 2 atom stereocenters. The van der Waals surface area contributed by atoms with Crippen LogP contribution in [-0.4, -0.2) is 35.1 Å². The molecule has 1 aromatic carbocycles. The summed E-state index contributed by atoms with van der Waals surface area (Å²) in [6.45, 7) is 4.01. The third-order valence-electron chi connectivity index (χ3n) is 3.67. The molecule has 3 rings (SSSR count). The van der Waals surface area contributed by atoms with Gasteiger partial charge in [0, 0.05) is 18.6 Å². The Labute approximate surface area is 135 Å². The van der Waals surface area contributed by atoms with Gasteiger partial charge in [-0.25, -0.2) is 0 Å². The van der Waals surface area contributed by atoms with Crippen LogP contribution in [0, 0.1) is 6.92 Å². The zero-order valence-electron chi connectivity index (χ0n) is 12.8. The Morgan fingerprint density at radius 1 is 1.41 bits per heavy atom. The second-order valence-corrected chi connectivity index (χ2v) is 6.10. The van der Waals surface area contributed by atoms with Crippen LogP contribution in [0.2, 0.25) is 5.02 Å². The van der Waals surface area contributed by atoms with Gasteiger partial charge in [-0.1, -0.05) is 17.7 Å². The highest BCUT2D eigenvalue weighted by atomic mass is 35.5. The first-order chi connectivity index (χ1) is 10.6. The van der Waals surface area contributed by atoms with Crippen LogP contribution < -0.4 is 10.1 Å². The average Bonchev–Trinajstić information content (AvgIpc) is 3.05. The van der Waals surface area contributed by atoms with Crippen molar-refractivity contribution in [1.29, 1.82) is 0 Å². The van der Waals surface area contributed by atoms with Gasteiger partial charge in [-0.15, -0.1) is 0 Å². The number of benzene rings is 1. The third kappa shape index (κ3) is 3.80. The number of nitrogens with one attached hydrogen (secondary N) is 1. The highest BCUT2D eigenvalue weighted by Crippen LogP contribution is 2.18. The Balaban J connectivity index is 1.59. The van der Waals surface area contributed by atoms with Gasteiger partial charge >= 0.3 is 0 Å². The molecule has 5 nitrogen and oxygen atoms in total. The van der Waals surface area contributed by atoms with Gasteiger partial charge in [0.2, 0.25) is 0 Å². The van der Waals surface area contributed by atoms with Crippen molar-refractivity contribution in [2.45, 2.75) is 25.6 Å². The van der Waals surface area contributed by atoms with E-state index in [1.165, 1.54) is 0 Å². The highest BCUT2D eigenvalue weighted by Gasteiger charge is 2.30. The van der Waals surface area contributed by atoms with Crippen LogP contribution in [0.25, 0.3) is 0 Å². The minimum Gasteiger partial charge on any atom is -0.483 e. The minimum atomic E-state index is -0.00974. The predicted octanol–water partition coefficient (Wildman–Crippen LogP) is 2.32. The topological polar surface area (TPSA) is 48.3 Å². The van der Waals surface area contributed by atoms with Crippen molar-refractivity contribution in [3.8, 4) is 5.75 Å². The number of aryl methyl sites for hydroxylation is 2. The summed E-state index contributed by atoms with van der Waals surface area (Å²) in [5, 5.41) is 8.37. The van der Waals surface area contributed by atoms with Crippen molar-refractivity contribution in [2.75, 3.05) is 13.2 Å². The van der Waals surface area contributed by atoms with Gasteiger partial charge in [-0.2, -0.15) is 5.10 Å². The van der Waals surface area contributed by atoms with E-state index in [2.05, 4.69) is 16.5 Å². The molecule has 0 saturated carbocycles. The first-order valence-electron chi connectivity index (χ1n) is 7.32. The zero-order chi connectivity index (χ0) is 15.5. The first-order valence-corrected chi connectivity index (χ1v) is 7.70. The summed E-state index contributed by atoms with van der Waals surface area (Å²) in [5.41, 5.74) is 2.33. The van der Waals surface area contributed by atoms with Gasteiger partial charge in [-0.05, 0) is 30.2 Å². The Bertz CT molecular complexity index is 624. The van der Waals surface area contributed by atoms with E-state index in [0.29, 0.717) is 13.2 Å². The molecule has 0 spiro atoms. The molecule has 0 aliphatic carbocycles. The summed E-state index contributed by atoms with van der Waals surface area (Å²) < 4.78 is 13.2. The second-order valence-electron chi connectivity index (χ2n) is 5.67. The fourth-order valence-electron chi connectivity index (χ4n) is 2.64. The van der Waals surface area contributed by atoms with Crippen molar-refractivity contribution in [2.24, 2.45) is 7.05 Å². The quantitative estimate of drug-likeness (QED) is 0.918. The van der Waals surface area contributed by atoms with E-state index in [9.17, 15) is 0 Å². The van der Waals surface area contributed by atoms with Crippen LogP contribution in [0.5, 0.6) is 5.75 Å². The van der Waals surface area contributed by atoms with Crippen LogP contribution >= 0.6 is 11.6 Å². The summed E-state index contributed by atoms with van der Waals surface area (Å²) in [6, 6.07) is 6.22. The van der Waals surface area contributed by atoms with Gasteiger partial charge in [0.15, 0.2) is 5.75 Å². The van der Waals surface area contributed by atoms with Gasteiger partial charge < -0.3 is 14.8 Å². The Hall–Kier alpha value is -1.56. The monoisotopic (exact) mass is 321 g/mol. The lowest BCUT2D eigenvalue weighted by Crippen LogP contribution is -2.41. The van der Waals surface area contributed by atoms with Gasteiger partial charge in [0.1, 0.15) is 6.10 Å². The molecule has 6 heteroatoms. The number of nitrogens with zero attached hydrogens (tertiary/aromatic N) is 2. The van der Waals surface area contributed by atoms with Gasteiger partial charge in [0.25, 0.3) is 0 Å². The molecular weight excluding hydrogens is 302 g/mol. The Morgan fingerprint density at radius 2 is 2.27 bits per heavy atom. The molecule has 0 radical (unpaired) electrons. The van der Waals surface area contributed by atoms with E-state index in [0.717, 1.165) is 28.4 Å². The van der Waals surface area contributed by atoms with Gasteiger partial charge in [0.05, 0.1) is 31.6 Å². The number of aromatic nitrogens is 2. The number of ether oxygens (including phenoxy) is 2. The van der Waals surface area contributed by atoms with Crippen LogP contribution in [0.15, 0.2) is 30.6 Å². The maximum atomic E-state index is 6.10. The van der Waals surface area contributed by atoms with Crippen molar-refractivity contribution < 1.29 is 9.47 Å². The third-order valence-corrected chi connectivity index (χ3v) is 3.89. The lowest BCUT2D eigenvalue weighted by molar-refractivity contribution is 0.139.